The van der Waals surface area contributed by atoms with E-state index in [2.05, 4.69) is 15.0 Å². The largest absolute Gasteiger partial charge is 0.463 e. The van der Waals surface area contributed by atoms with Gasteiger partial charge in [0.1, 0.15) is 12.4 Å². The van der Waals surface area contributed by atoms with Gasteiger partial charge in [-0.25, -0.2) is 4.98 Å². The van der Waals surface area contributed by atoms with Gasteiger partial charge in [-0.1, -0.05) is 6.92 Å². The summed E-state index contributed by atoms with van der Waals surface area (Å²) in [6, 6.07) is -0.0167. The molecule has 0 spiro atoms. The van der Waals surface area contributed by atoms with Crippen LogP contribution in [0.4, 0.5) is 0 Å². The summed E-state index contributed by atoms with van der Waals surface area (Å²) in [6.07, 6.45) is 0. The molecule has 1 rings (SSSR count). The van der Waals surface area contributed by atoms with Crippen LogP contribution >= 0.6 is 22.9 Å². The molecule has 21 heavy (non-hydrogen) atoms. The van der Waals surface area contributed by atoms with Gasteiger partial charge in [-0.15, -0.1) is 22.9 Å². The number of aryl methyl sites for hydroxylation is 2. The molecule has 0 amide bonds. The minimum Gasteiger partial charge on any atom is -0.463 e. The Balaban J connectivity index is 2.86. The number of aliphatic hydroxyl groups is 1. The fraction of sp³-hybridized carbons (Fsp3) is 0.615. The predicted octanol–water partition coefficient (Wildman–Crippen LogP) is 1.86. The Kier molecular flexibility index (Phi) is 7.63. The monoisotopic (exact) mass is 332 g/mol. The van der Waals surface area contributed by atoms with Crippen LogP contribution in [0.1, 0.15) is 22.5 Å². The smallest absolute Gasteiger partial charge is 0.288 e. The molecule has 0 aliphatic heterocycles. The lowest BCUT2D eigenvalue weighted by molar-refractivity contribution is 0.192. The fourth-order valence-corrected chi connectivity index (χ4v) is 2.54. The van der Waals surface area contributed by atoms with E-state index in [9.17, 15) is 0 Å². The molecule has 1 aromatic heterocycles. The quantitative estimate of drug-likeness (QED) is 0.472. The number of halogens is 1. The molecule has 0 aliphatic rings. The maximum absolute atomic E-state index is 8.70. The first-order valence-corrected chi connectivity index (χ1v) is 7.94. The number of nitrogens with zero attached hydrogens (tertiary/aromatic N) is 3. The first kappa shape index (κ1) is 17.9. The van der Waals surface area contributed by atoms with Crippen LogP contribution in [0.15, 0.2) is 9.98 Å². The van der Waals surface area contributed by atoms with E-state index in [0.29, 0.717) is 18.3 Å². The normalized spacial score (nSPS) is 14.3. The van der Waals surface area contributed by atoms with E-state index in [0.717, 1.165) is 15.6 Å². The minimum absolute atomic E-state index is 0.0167. The van der Waals surface area contributed by atoms with Crippen LogP contribution in [0, 0.1) is 19.8 Å². The topological polar surface area (TPSA) is 93.1 Å². The third-order valence-corrected chi connectivity index (χ3v) is 4.14. The van der Waals surface area contributed by atoms with Gasteiger partial charge in [0.25, 0.3) is 6.02 Å². The van der Waals surface area contributed by atoms with Crippen LogP contribution in [0.5, 0.6) is 0 Å². The van der Waals surface area contributed by atoms with Crippen LogP contribution in [0.25, 0.3) is 0 Å². The molecule has 118 valence electrons. The molecular weight excluding hydrogens is 312 g/mol. The van der Waals surface area contributed by atoms with E-state index >= 15 is 0 Å². The van der Waals surface area contributed by atoms with Crippen molar-refractivity contribution in [3.05, 3.63) is 15.6 Å². The van der Waals surface area contributed by atoms with Gasteiger partial charge in [-0.05, 0) is 13.8 Å². The summed E-state index contributed by atoms with van der Waals surface area (Å²) in [5.41, 5.74) is 6.62. The molecule has 0 saturated heterocycles. The van der Waals surface area contributed by atoms with Gasteiger partial charge in [0, 0.05) is 16.7 Å². The molecule has 8 heteroatoms. The second kappa shape index (κ2) is 8.96. The SMILES string of the molecule is Cc1nc(C)c(CN=C(N=C(N)OCCO)C(C)CCl)s1. The van der Waals surface area contributed by atoms with E-state index in [1.165, 1.54) is 0 Å². The summed E-state index contributed by atoms with van der Waals surface area (Å²) >= 11 is 7.48. The number of aliphatic hydroxyl groups excluding tert-OH is 1. The number of rotatable bonds is 6. The molecule has 0 radical (unpaired) electrons. The van der Waals surface area contributed by atoms with Crippen molar-refractivity contribution in [1.82, 2.24) is 4.98 Å². The number of ether oxygens (including phenoxy) is 1. The Morgan fingerprint density at radius 1 is 1.52 bits per heavy atom. The van der Waals surface area contributed by atoms with Crippen molar-refractivity contribution in [3.63, 3.8) is 0 Å². The second-order valence-electron chi connectivity index (χ2n) is 4.49. The number of alkyl halides is 1. The molecular formula is C13H21ClN4O2S. The number of nitrogens with two attached hydrogens (primary N) is 1. The highest BCUT2D eigenvalue weighted by Crippen LogP contribution is 2.18. The van der Waals surface area contributed by atoms with E-state index in [1.807, 2.05) is 20.8 Å². The van der Waals surface area contributed by atoms with Crippen molar-refractivity contribution in [3.8, 4) is 0 Å². The summed E-state index contributed by atoms with van der Waals surface area (Å²) < 4.78 is 5.04. The highest BCUT2D eigenvalue weighted by molar-refractivity contribution is 7.11. The Hall–Kier alpha value is -1.18. The van der Waals surface area contributed by atoms with Crippen molar-refractivity contribution < 1.29 is 9.84 Å². The summed E-state index contributed by atoms with van der Waals surface area (Å²) in [4.78, 5) is 14.1. The zero-order chi connectivity index (χ0) is 15.8. The number of amidine groups is 2. The number of aliphatic imine (C=N–C) groups is 2. The van der Waals surface area contributed by atoms with Gasteiger partial charge in [0.15, 0.2) is 0 Å². The number of thiazole rings is 1. The van der Waals surface area contributed by atoms with E-state index in [-0.39, 0.29) is 25.2 Å². The lowest BCUT2D eigenvalue weighted by Crippen LogP contribution is -2.22. The minimum atomic E-state index is -0.118. The third kappa shape index (κ3) is 5.99. The highest BCUT2D eigenvalue weighted by atomic mass is 35.5. The van der Waals surface area contributed by atoms with Crippen molar-refractivity contribution >= 4 is 34.8 Å². The average molecular weight is 333 g/mol. The molecule has 6 nitrogen and oxygen atoms in total. The summed E-state index contributed by atoms with van der Waals surface area (Å²) in [5.74, 6) is 0.874. The molecule has 0 aliphatic carbocycles. The number of aromatic nitrogens is 1. The lowest BCUT2D eigenvalue weighted by atomic mass is 10.2. The summed E-state index contributed by atoms with van der Waals surface area (Å²) in [5, 5.41) is 9.71. The van der Waals surface area contributed by atoms with Crippen LogP contribution in [0.2, 0.25) is 0 Å². The standard InChI is InChI=1S/C13H21ClN4O2S/c1-8(6-14)12(18-13(15)20-5-4-19)16-7-11-9(2)17-10(3)21-11/h8,19H,4-7H2,1-3H3,(H2,15,16,18). The maximum atomic E-state index is 8.70. The first-order chi connectivity index (χ1) is 9.97. The zero-order valence-electron chi connectivity index (χ0n) is 12.5. The van der Waals surface area contributed by atoms with Gasteiger partial charge in [-0.2, -0.15) is 4.99 Å². The van der Waals surface area contributed by atoms with Crippen molar-refractivity contribution in [2.45, 2.75) is 27.3 Å². The molecule has 1 atom stereocenters. The average Bonchev–Trinajstić information content (AvgIpc) is 2.78. The Labute approximate surface area is 133 Å². The van der Waals surface area contributed by atoms with Crippen LogP contribution < -0.4 is 5.73 Å². The lowest BCUT2D eigenvalue weighted by Gasteiger charge is -2.09. The van der Waals surface area contributed by atoms with Crippen molar-refractivity contribution in [1.29, 1.82) is 0 Å². The molecule has 0 fully saturated rings. The van der Waals surface area contributed by atoms with Crippen LogP contribution in [-0.4, -0.2) is 41.0 Å². The second-order valence-corrected chi connectivity index (χ2v) is 6.09. The number of hydrogen-bond acceptors (Lipinski definition) is 5. The maximum Gasteiger partial charge on any atom is 0.288 e. The molecule has 0 bridgehead atoms. The van der Waals surface area contributed by atoms with Crippen LogP contribution in [0.3, 0.4) is 0 Å². The molecule has 1 aromatic rings. The van der Waals surface area contributed by atoms with E-state index < -0.39 is 0 Å². The summed E-state index contributed by atoms with van der Waals surface area (Å²) in [7, 11) is 0. The molecule has 1 unspecified atom stereocenters. The zero-order valence-corrected chi connectivity index (χ0v) is 14.0. The predicted molar refractivity (Wildman–Crippen MR) is 87.3 cm³/mol. The Morgan fingerprint density at radius 3 is 2.76 bits per heavy atom. The van der Waals surface area contributed by atoms with Crippen LogP contribution in [-0.2, 0) is 11.3 Å². The fourth-order valence-electron chi connectivity index (χ4n) is 1.54. The van der Waals surface area contributed by atoms with Gasteiger partial charge in [0.2, 0.25) is 0 Å². The van der Waals surface area contributed by atoms with Gasteiger partial charge in [-0.3, -0.25) is 4.99 Å². The van der Waals surface area contributed by atoms with Crippen molar-refractivity contribution in [2.24, 2.45) is 21.6 Å². The van der Waals surface area contributed by atoms with Gasteiger partial charge < -0.3 is 15.6 Å². The van der Waals surface area contributed by atoms with E-state index in [1.54, 1.807) is 11.3 Å². The van der Waals surface area contributed by atoms with Gasteiger partial charge in [0.05, 0.1) is 23.9 Å². The molecule has 1 heterocycles. The third-order valence-electron chi connectivity index (χ3n) is 2.62. The molecule has 3 N–H and O–H groups in total. The Morgan fingerprint density at radius 2 is 2.24 bits per heavy atom. The Bertz CT molecular complexity index is 516. The van der Waals surface area contributed by atoms with Gasteiger partial charge >= 0.3 is 0 Å². The number of hydrogen-bond donors (Lipinski definition) is 2. The summed E-state index contributed by atoms with van der Waals surface area (Å²) in [6.45, 7) is 6.31. The van der Waals surface area contributed by atoms with E-state index in [4.69, 9.17) is 27.2 Å². The molecule has 0 saturated carbocycles. The first-order valence-electron chi connectivity index (χ1n) is 6.59. The highest BCUT2D eigenvalue weighted by Gasteiger charge is 2.11. The molecule has 0 aromatic carbocycles. The van der Waals surface area contributed by atoms with Crippen molar-refractivity contribution in [2.75, 3.05) is 19.1 Å².